The molecule has 0 bridgehead atoms. The number of nitrogens with one attached hydrogen (secondary N) is 1. The van der Waals surface area contributed by atoms with Crippen LogP contribution in [0.25, 0.3) is 0 Å². The van der Waals surface area contributed by atoms with Crippen LogP contribution in [-0.2, 0) is 14.3 Å². The number of allylic oxidation sites excluding steroid dienone is 1. The lowest BCUT2D eigenvalue weighted by atomic mass is 10.0. The molecule has 0 fully saturated rings. The average molecular weight is 1040 g/mol. The minimum Gasteiger partial charge on any atom is -0.466 e. The van der Waals surface area contributed by atoms with Gasteiger partial charge in [-0.3, -0.25) is 9.59 Å². The molecule has 2 unspecified atom stereocenters. The normalized spacial score (nSPS) is 12.5. The molecule has 6 nitrogen and oxygen atoms in total. The molecule has 0 aliphatic heterocycles. The van der Waals surface area contributed by atoms with Crippen molar-refractivity contribution in [3.8, 4) is 0 Å². The topological polar surface area (TPSA) is 95.9 Å². The zero-order valence-electron chi connectivity index (χ0n) is 50.4. The van der Waals surface area contributed by atoms with E-state index in [0.29, 0.717) is 19.4 Å². The minimum atomic E-state index is -0.845. The number of ether oxygens (including phenoxy) is 1. The van der Waals surface area contributed by atoms with E-state index in [1.54, 1.807) is 6.08 Å². The molecule has 1 amide bonds. The van der Waals surface area contributed by atoms with E-state index in [9.17, 15) is 19.8 Å². The first-order chi connectivity index (χ1) is 36.5. The molecule has 0 heterocycles. The van der Waals surface area contributed by atoms with Gasteiger partial charge in [0.15, 0.2) is 0 Å². The van der Waals surface area contributed by atoms with Crippen LogP contribution in [0, 0.1) is 0 Å². The molecule has 0 saturated carbocycles. The van der Waals surface area contributed by atoms with Crippen molar-refractivity contribution in [3.63, 3.8) is 0 Å². The number of carbonyl (C=O) groups is 2. The molecule has 3 N–H and O–H groups in total. The van der Waals surface area contributed by atoms with Crippen molar-refractivity contribution in [2.75, 3.05) is 13.2 Å². The predicted octanol–water partition coefficient (Wildman–Crippen LogP) is 21.6. The second-order valence-electron chi connectivity index (χ2n) is 23.5. The van der Waals surface area contributed by atoms with Crippen LogP contribution in [-0.4, -0.2) is 47.4 Å². The molecule has 440 valence electrons. The maximum absolute atomic E-state index is 12.5. The summed E-state index contributed by atoms with van der Waals surface area (Å²) in [5.74, 6) is -0.0483. The van der Waals surface area contributed by atoms with E-state index in [0.717, 1.165) is 38.5 Å². The second kappa shape index (κ2) is 64.1. The zero-order valence-corrected chi connectivity index (χ0v) is 50.4. The van der Waals surface area contributed by atoms with Gasteiger partial charge in [-0.15, -0.1) is 0 Å². The van der Waals surface area contributed by atoms with Crippen LogP contribution < -0.4 is 5.32 Å². The first kappa shape index (κ1) is 72.6. The number of aliphatic hydroxyl groups excluding tert-OH is 2. The van der Waals surface area contributed by atoms with Gasteiger partial charge in [-0.1, -0.05) is 353 Å². The van der Waals surface area contributed by atoms with E-state index in [4.69, 9.17) is 4.74 Å². The molecule has 0 spiro atoms. The summed E-state index contributed by atoms with van der Waals surface area (Å²) in [5, 5.41) is 23.2. The number of rotatable bonds is 64. The summed E-state index contributed by atoms with van der Waals surface area (Å²) in [7, 11) is 0. The molecule has 0 rings (SSSR count). The fourth-order valence-electron chi connectivity index (χ4n) is 10.9. The maximum atomic E-state index is 12.5. The van der Waals surface area contributed by atoms with Gasteiger partial charge in [0.2, 0.25) is 5.91 Å². The molecule has 0 saturated heterocycles. The Morgan fingerprint density at radius 3 is 0.919 bits per heavy atom. The smallest absolute Gasteiger partial charge is 0.305 e. The molecule has 2 atom stereocenters. The Morgan fingerprint density at radius 2 is 0.622 bits per heavy atom. The summed E-state index contributed by atoms with van der Waals surface area (Å²) in [6.45, 7) is 4.94. The summed E-state index contributed by atoms with van der Waals surface area (Å²) in [5.41, 5.74) is 0. The molecule has 0 aliphatic carbocycles. The third kappa shape index (κ3) is 59.8. The van der Waals surface area contributed by atoms with Crippen LogP contribution in [0.3, 0.4) is 0 Å². The number of amides is 1. The standard InChI is InChI=1S/C68H133NO5/c1-3-5-7-9-11-13-15-17-19-21-28-32-36-40-44-48-52-56-60-66(71)65(64-70)69-67(72)61-57-53-49-45-41-37-33-29-26-24-23-25-27-31-35-39-43-47-51-55-59-63-74-68(73)62-58-54-50-46-42-38-34-30-22-20-18-16-14-12-10-8-6-4-2/h56,60,65-66,70-71H,3-55,57-59,61-64H2,1-2H3,(H,69,72)/b60-56+. The molecule has 0 aliphatic rings. The van der Waals surface area contributed by atoms with Crippen LogP contribution in [0.15, 0.2) is 12.2 Å². The van der Waals surface area contributed by atoms with Gasteiger partial charge in [0.25, 0.3) is 0 Å². The van der Waals surface area contributed by atoms with E-state index >= 15 is 0 Å². The number of carbonyl (C=O) groups excluding carboxylic acids is 2. The monoisotopic (exact) mass is 1040 g/mol. The zero-order chi connectivity index (χ0) is 53.6. The van der Waals surface area contributed by atoms with E-state index in [1.807, 2.05) is 6.08 Å². The lowest BCUT2D eigenvalue weighted by Crippen LogP contribution is -2.45. The van der Waals surface area contributed by atoms with Gasteiger partial charge in [-0.2, -0.15) is 0 Å². The molecule has 0 aromatic heterocycles. The van der Waals surface area contributed by atoms with Crippen LogP contribution in [0.1, 0.15) is 386 Å². The Morgan fingerprint density at radius 1 is 0.365 bits per heavy atom. The largest absolute Gasteiger partial charge is 0.466 e. The number of esters is 1. The van der Waals surface area contributed by atoms with Crippen molar-refractivity contribution in [2.45, 2.75) is 398 Å². The summed E-state index contributed by atoms with van der Waals surface area (Å²) in [6, 6.07) is -0.628. The van der Waals surface area contributed by atoms with Crippen molar-refractivity contribution in [1.82, 2.24) is 5.32 Å². The number of aliphatic hydroxyl groups is 2. The highest BCUT2D eigenvalue weighted by molar-refractivity contribution is 5.76. The first-order valence-electron chi connectivity index (χ1n) is 34.0. The molecular formula is C68H133NO5. The number of hydrogen-bond acceptors (Lipinski definition) is 5. The summed E-state index contributed by atoms with van der Waals surface area (Å²) in [4.78, 5) is 24.6. The van der Waals surface area contributed by atoms with Gasteiger partial charge >= 0.3 is 5.97 Å². The molecule has 6 heteroatoms. The Hall–Kier alpha value is -1.40. The van der Waals surface area contributed by atoms with Crippen LogP contribution in [0.2, 0.25) is 0 Å². The Balaban J connectivity index is 3.38. The van der Waals surface area contributed by atoms with E-state index in [2.05, 4.69) is 19.2 Å². The van der Waals surface area contributed by atoms with Gasteiger partial charge < -0.3 is 20.3 Å². The summed E-state index contributed by atoms with van der Waals surface area (Å²) >= 11 is 0. The third-order valence-electron chi connectivity index (χ3n) is 16.1. The highest BCUT2D eigenvalue weighted by atomic mass is 16.5. The second-order valence-corrected chi connectivity index (χ2v) is 23.5. The predicted molar refractivity (Wildman–Crippen MR) is 324 cm³/mol. The Bertz CT molecular complexity index is 1110. The van der Waals surface area contributed by atoms with E-state index in [1.165, 1.54) is 321 Å². The molecular weight excluding hydrogens is 911 g/mol. The van der Waals surface area contributed by atoms with Gasteiger partial charge in [-0.25, -0.2) is 0 Å². The minimum absolute atomic E-state index is 0.0168. The van der Waals surface area contributed by atoms with Gasteiger partial charge in [0.05, 0.1) is 25.4 Å². The maximum Gasteiger partial charge on any atom is 0.305 e. The Labute approximate surface area is 463 Å². The van der Waals surface area contributed by atoms with E-state index in [-0.39, 0.29) is 18.5 Å². The first-order valence-corrected chi connectivity index (χ1v) is 34.0. The molecule has 0 aromatic carbocycles. The SMILES string of the molecule is CCCCCCCCCCCCCCCCCC/C=C/C(O)C(CO)NC(=O)CCCCCCCCCCCCCCCCCCCCCCCOC(=O)CCCCCCCCCCCCCCCCCCCC. The average Bonchev–Trinajstić information content (AvgIpc) is 3.40. The number of hydrogen-bond donors (Lipinski definition) is 3. The third-order valence-corrected chi connectivity index (χ3v) is 16.1. The van der Waals surface area contributed by atoms with Gasteiger partial charge in [0.1, 0.15) is 0 Å². The highest BCUT2D eigenvalue weighted by Crippen LogP contribution is 2.19. The van der Waals surface area contributed by atoms with E-state index < -0.39 is 12.1 Å². The van der Waals surface area contributed by atoms with Crippen LogP contribution in [0.5, 0.6) is 0 Å². The molecule has 74 heavy (non-hydrogen) atoms. The summed E-state index contributed by atoms with van der Waals surface area (Å²) in [6.07, 6.45) is 78.4. The lowest BCUT2D eigenvalue weighted by molar-refractivity contribution is -0.143. The van der Waals surface area contributed by atoms with Crippen molar-refractivity contribution < 1.29 is 24.5 Å². The van der Waals surface area contributed by atoms with Crippen molar-refractivity contribution in [3.05, 3.63) is 12.2 Å². The van der Waals surface area contributed by atoms with Crippen molar-refractivity contribution in [2.24, 2.45) is 0 Å². The van der Waals surface area contributed by atoms with Crippen LogP contribution in [0.4, 0.5) is 0 Å². The molecule has 0 aromatic rings. The number of unbranched alkanes of at least 4 members (excludes halogenated alkanes) is 53. The Kier molecular flexibility index (Phi) is 62.9. The fourth-order valence-corrected chi connectivity index (χ4v) is 10.9. The van der Waals surface area contributed by atoms with Crippen molar-refractivity contribution in [1.29, 1.82) is 0 Å². The lowest BCUT2D eigenvalue weighted by Gasteiger charge is -2.20. The van der Waals surface area contributed by atoms with Crippen molar-refractivity contribution >= 4 is 11.9 Å². The summed E-state index contributed by atoms with van der Waals surface area (Å²) < 4.78 is 5.51. The van der Waals surface area contributed by atoms with Crippen LogP contribution >= 0.6 is 0 Å². The fraction of sp³-hybridized carbons (Fsp3) is 0.941. The highest BCUT2D eigenvalue weighted by Gasteiger charge is 2.18. The van der Waals surface area contributed by atoms with Gasteiger partial charge in [0, 0.05) is 12.8 Å². The van der Waals surface area contributed by atoms with Gasteiger partial charge in [-0.05, 0) is 32.1 Å². The quantitative estimate of drug-likeness (QED) is 0.0320. The molecule has 0 radical (unpaired) electrons.